The van der Waals surface area contributed by atoms with E-state index in [0.717, 1.165) is 63.6 Å². The molecule has 1 aromatic heterocycles. The summed E-state index contributed by atoms with van der Waals surface area (Å²) in [6.07, 6.45) is 2.48. The minimum absolute atomic E-state index is 0.139. The van der Waals surface area contributed by atoms with Crippen LogP contribution < -0.4 is 10.9 Å². The van der Waals surface area contributed by atoms with Crippen molar-refractivity contribution in [1.82, 2.24) is 19.8 Å². The Hall–Kier alpha value is -1.24. The van der Waals surface area contributed by atoms with E-state index in [4.69, 9.17) is 4.74 Å². The van der Waals surface area contributed by atoms with Crippen LogP contribution in [0.2, 0.25) is 0 Å². The monoisotopic (exact) mass is 264 g/mol. The molecule has 6 nitrogen and oxygen atoms in total. The summed E-state index contributed by atoms with van der Waals surface area (Å²) in [5.41, 5.74) is 1.95. The number of ether oxygens (including phenoxy) is 1. The molecule has 0 atom stereocenters. The van der Waals surface area contributed by atoms with Crippen LogP contribution in [0.25, 0.3) is 0 Å². The molecule has 104 valence electrons. The zero-order valence-electron chi connectivity index (χ0n) is 11.1. The molecule has 1 saturated heterocycles. The highest BCUT2D eigenvalue weighted by Gasteiger charge is 2.16. The van der Waals surface area contributed by atoms with Crippen LogP contribution >= 0.6 is 0 Å². The maximum Gasteiger partial charge on any atom is 0.256 e. The number of hydrogen-bond acceptors (Lipinski definition) is 5. The fourth-order valence-electron chi connectivity index (χ4n) is 2.62. The van der Waals surface area contributed by atoms with Crippen molar-refractivity contribution in [3.05, 3.63) is 27.9 Å². The molecule has 0 amide bonds. The van der Waals surface area contributed by atoms with Crippen molar-refractivity contribution in [3.63, 3.8) is 0 Å². The molecule has 0 radical (unpaired) electrons. The third kappa shape index (κ3) is 2.86. The average molecular weight is 264 g/mol. The van der Waals surface area contributed by atoms with Gasteiger partial charge in [-0.2, -0.15) is 0 Å². The van der Waals surface area contributed by atoms with Crippen molar-refractivity contribution >= 4 is 0 Å². The average Bonchev–Trinajstić information content (AvgIpc) is 2.48. The smallest absolute Gasteiger partial charge is 0.256 e. The van der Waals surface area contributed by atoms with Gasteiger partial charge in [0.1, 0.15) is 0 Å². The van der Waals surface area contributed by atoms with Crippen molar-refractivity contribution in [2.75, 3.05) is 39.4 Å². The van der Waals surface area contributed by atoms with Crippen molar-refractivity contribution in [1.29, 1.82) is 0 Å². The highest BCUT2D eigenvalue weighted by Crippen LogP contribution is 2.05. The zero-order chi connectivity index (χ0) is 13.1. The molecule has 1 aromatic rings. The van der Waals surface area contributed by atoms with Crippen molar-refractivity contribution in [2.24, 2.45) is 0 Å². The SMILES string of the molecule is O=c1c2c(ncn1CCN1CCOCC1)CNCC2. The summed E-state index contributed by atoms with van der Waals surface area (Å²) < 4.78 is 7.07. The third-order valence-electron chi connectivity index (χ3n) is 3.83. The van der Waals surface area contributed by atoms with Crippen LogP contribution in [-0.4, -0.2) is 53.8 Å². The first-order chi connectivity index (χ1) is 9.34. The Balaban J connectivity index is 1.69. The number of nitrogens with zero attached hydrogens (tertiary/aromatic N) is 3. The Kier molecular flexibility index (Phi) is 3.91. The van der Waals surface area contributed by atoms with E-state index >= 15 is 0 Å². The summed E-state index contributed by atoms with van der Waals surface area (Å²) >= 11 is 0. The minimum atomic E-state index is 0.139. The standard InChI is InChI=1S/C13H20N4O2/c18-13-11-1-2-14-9-12(11)15-10-17(13)4-3-16-5-7-19-8-6-16/h10,14H,1-9H2. The van der Waals surface area contributed by atoms with Crippen LogP contribution in [0, 0.1) is 0 Å². The van der Waals surface area contributed by atoms with Gasteiger partial charge in [-0.1, -0.05) is 0 Å². The van der Waals surface area contributed by atoms with E-state index in [0.29, 0.717) is 6.54 Å². The molecule has 6 heteroatoms. The first-order valence-electron chi connectivity index (χ1n) is 6.92. The molecule has 19 heavy (non-hydrogen) atoms. The van der Waals surface area contributed by atoms with Gasteiger partial charge in [0.25, 0.3) is 5.56 Å². The molecular weight excluding hydrogens is 244 g/mol. The molecule has 0 aliphatic carbocycles. The Bertz CT molecular complexity index is 494. The number of aromatic nitrogens is 2. The largest absolute Gasteiger partial charge is 0.379 e. The van der Waals surface area contributed by atoms with Crippen LogP contribution in [0.5, 0.6) is 0 Å². The lowest BCUT2D eigenvalue weighted by Gasteiger charge is -2.26. The van der Waals surface area contributed by atoms with Gasteiger partial charge in [-0.25, -0.2) is 4.98 Å². The van der Waals surface area contributed by atoms with Gasteiger partial charge in [0.2, 0.25) is 0 Å². The van der Waals surface area contributed by atoms with Gasteiger partial charge in [0, 0.05) is 38.3 Å². The van der Waals surface area contributed by atoms with E-state index in [2.05, 4.69) is 15.2 Å². The second kappa shape index (κ2) is 5.81. The van der Waals surface area contributed by atoms with Crippen molar-refractivity contribution in [3.8, 4) is 0 Å². The number of fused-ring (bicyclic) bond motifs is 1. The maximum atomic E-state index is 12.3. The van der Waals surface area contributed by atoms with Crippen LogP contribution in [0.15, 0.2) is 11.1 Å². The fourth-order valence-corrected chi connectivity index (χ4v) is 2.62. The lowest BCUT2D eigenvalue weighted by molar-refractivity contribution is 0.0362. The van der Waals surface area contributed by atoms with Gasteiger partial charge in [0.15, 0.2) is 0 Å². The predicted molar refractivity (Wildman–Crippen MR) is 71.2 cm³/mol. The van der Waals surface area contributed by atoms with E-state index in [1.807, 2.05) is 0 Å². The lowest BCUT2D eigenvalue weighted by Crippen LogP contribution is -2.40. The highest BCUT2D eigenvalue weighted by molar-refractivity contribution is 5.19. The Morgan fingerprint density at radius 1 is 1.32 bits per heavy atom. The molecule has 0 aromatic carbocycles. The van der Waals surface area contributed by atoms with E-state index < -0.39 is 0 Å². The van der Waals surface area contributed by atoms with Crippen molar-refractivity contribution < 1.29 is 4.74 Å². The number of hydrogen-bond donors (Lipinski definition) is 1. The first kappa shape index (κ1) is 12.8. The summed E-state index contributed by atoms with van der Waals surface area (Å²) in [7, 11) is 0. The minimum Gasteiger partial charge on any atom is -0.379 e. The molecule has 0 unspecified atom stereocenters. The molecule has 0 spiro atoms. The number of morpholine rings is 1. The molecule has 1 N–H and O–H groups in total. The van der Waals surface area contributed by atoms with E-state index in [9.17, 15) is 4.79 Å². The van der Waals surface area contributed by atoms with Gasteiger partial charge < -0.3 is 10.1 Å². The molecule has 1 fully saturated rings. The van der Waals surface area contributed by atoms with E-state index in [1.54, 1.807) is 10.9 Å². The first-order valence-corrected chi connectivity index (χ1v) is 6.92. The lowest BCUT2D eigenvalue weighted by atomic mass is 10.1. The Morgan fingerprint density at radius 3 is 3.00 bits per heavy atom. The predicted octanol–water partition coefficient (Wildman–Crippen LogP) is -0.779. The summed E-state index contributed by atoms with van der Waals surface area (Å²) in [6.45, 7) is 6.70. The van der Waals surface area contributed by atoms with Crippen molar-refractivity contribution in [2.45, 2.75) is 19.5 Å². The Labute approximate surface area is 112 Å². The van der Waals surface area contributed by atoms with E-state index in [1.165, 1.54) is 0 Å². The van der Waals surface area contributed by atoms with Gasteiger partial charge >= 0.3 is 0 Å². The van der Waals surface area contributed by atoms with Crippen LogP contribution in [-0.2, 0) is 24.2 Å². The van der Waals surface area contributed by atoms with Crippen LogP contribution in [0.3, 0.4) is 0 Å². The highest BCUT2D eigenvalue weighted by atomic mass is 16.5. The molecule has 2 aliphatic rings. The number of nitrogens with one attached hydrogen (secondary N) is 1. The van der Waals surface area contributed by atoms with Gasteiger partial charge in [0.05, 0.1) is 25.2 Å². The summed E-state index contributed by atoms with van der Waals surface area (Å²) in [6, 6.07) is 0. The molecule has 2 aliphatic heterocycles. The van der Waals surface area contributed by atoms with Gasteiger partial charge in [-0.15, -0.1) is 0 Å². The molecule has 3 rings (SSSR count). The number of rotatable bonds is 3. The van der Waals surface area contributed by atoms with Gasteiger partial charge in [-0.3, -0.25) is 14.3 Å². The second-order valence-electron chi connectivity index (χ2n) is 5.05. The van der Waals surface area contributed by atoms with Gasteiger partial charge in [-0.05, 0) is 13.0 Å². The molecular formula is C13H20N4O2. The summed E-state index contributed by atoms with van der Waals surface area (Å²) in [4.78, 5) is 19.1. The fraction of sp³-hybridized carbons (Fsp3) is 0.692. The quantitative estimate of drug-likeness (QED) is 0.776. The van der Waals surface area contributed by atoms with Crippen LogP contribution in [0.4, 0.5) is 0 Å². The molecule has 0 bridgehead atoms. The summed E-state index contributed by atoms with van der Waals surface area (Å²) in [5, 5.41) is 3.24. The molecule has 0 saturated carbocycles. The summed E-state index contributed by atoms with van der Waals surface area (Å²) in [5.74, 6) is 0. The Morgan fingerprint density at radius 2 is 2.16 bits per heavy atom. The van der Waals surface area contributed by atoms with E-state index in [-0.39, 0.29) is 5.56 Å². The van der Waals surface area contributed by atoms with Crippen LogP contribution in [0.1, 0.15) is 11.3 Å². The zero-order valence-corrected chi connectivity index (χ0v) is 11.1. The molecule has 3 heterocycles. The topological polar surface area (TPSA) is 59.4 Å². The second-order valence-corrected chi connectivity index (χ2v) is 5.05. The third-order valence-corrected chi connectivity index (χ3v) is 3.83. The maximum absolute atomic E-state index is 12.3. The normalized spacial score (nSPS) is 20.2.